The Morgan fingerprint density at radius 2 is 2.00 bits per heavy atom. The van der Waals surface area contributed by atoms with Crippen LogP contribution in [0.3, 0.4) is 0 Å². The number of nitrogens with zero attached hydrogens (tertiary/aromatic N) is 1. The Morgan fingerprint density at radius 3 is 2.72 bits per heavy atom. The molecule has 3 rings (SSSR count). The molecular weight excluding hydrogens is 224 g/mol. The van der Waals surface area contributed by atoms with Crippen LogP contribution in [0.1, 0.15) is 22.8 Å². The summed E-state index contributed by atoms with van der Waals surface area (Å²) >= 11 is 0. The minimum atomic E-state index is 0.100. The molecule has 1 aliphatic heterocycles. The van der Waals surface area contributed by atoms with Crippen LogP contribution in [0.15, 0.2) is 36.5 Å². The molecule has 1 aromatic carbocycles. The van der Waals surface area contributed by atoms with Crippen molar-refractivity contribution in [3.63, 3.8) is 0 Å². The Balaban J connectivity index is 2.05. The zero-order chi connectivity index (χ0) is 12.5. The van der Waals surface area contributed by atoms with Gasteiger partial charge in [0.05, 0.1) is 0 Å². The first kappa shape index (κ1) is 11.0. The van der Waals surface area contributed by atoms with Crippen molar-refractivity contribution >= 4 is 11.6 Å². The zero-order valence-corrected chi connectivity index (χ0v) is 10.2. The van der Waals surface area contributed by atoms with Gasteiger partial charge in [-0.2, -0.15) is 0 Å². The van der Waals surface area contributed by atoms with Gasteiger partial charge in [0, 0.05) is 23.9 Å². The second-order valence-electron chi connectivity index (χ2n) is 4.50. The van der Waals surface area contributed by atoms with Crippen molar-refractivity contribution in [3.8, 4) is 11.1 Å². The molecule has 0 radical (unpaired) electrons. The molecule has 0 atom stereocenters. The van der Waals surface area contributed by atoms with E-state index in [0.717, 1.165) is 29.9 Å². The SMILES string of the molecule is CC(=O)c1ccc(-c2ccnc3c2CCN3)cc1. The van der Waals surface area contributed by atoms with Crippen LogP contribution in [0.25, 0.3) is 11.1 Å². The quantitative estimate of drug-likeness (QED) is 0.818. The van der Waals surface area contributed by atoms with Gasteiger partial charge < -0.3 is 5.32 Å². The van der Waals surface area contributed by atoms with Gasteiger partial charge in [-0.15, -0.1) is 0 Å². The van der Waals surface area contributed by atoms with Gasteiger partial charge in [-0.3, -0.25) is 4.79 Å². The average Bonchev–Trinajstić information content (AvgIpc) is 2.87. The maximum Gasteiger partial charge on any atom is 0.159 e. The fraction of sp³-hybridized carbons (Fsp3) is 0.200. The lowest BCUT2D eigenvalue weighted by Crippen LogP contribution is -1.93. The summed E-state index contributed by atoms with van der Waals surface area (Å²) in [4.78, 5) is 15.6. The van der Waals surface area contributed by atoms with E-state index in [1.54, 1.807) is 6.92 Å². The number of pyridine rings is 1. The van der Waals surface area contributed by atoms with E-state index in [1.807, 2.05) is 36.5 Å². The molecule has 0 saturated heterocycles. The van der Waals surface area contributed by atoms with Crippen molar-refractivity contribution in [2.24, 2.45) is 0 Å². The molecule has 1 aromatic heterocycles. The van der Waals surface area contributed by atoms with Crippen LogP contribution in [0.4, 0.5) is 5.82 Å². The second-order valence-corrected chi connectivity index (χ2v) is 4.50. The summed E-state index contributed by atoms with van der Waals surface area (Å²) in [5.74, 6) is 1.09. The van der Waals surface area contributed by atoms with Crippen molar-refractivity contribution in [2.75, 3.05) is 11.9 Å². The summed E-state index contributed by atoms with van der Waals surface area (Å²) in [6.07, 6.45) is 2.83. The van der Waals surface area contributed by atoms with Gasteiger partial charge >= 0.3 is 0 Å². The highest BCUT2D eigenvalue weighted by atomic mass is 16.1. The van der Waals surface area contributed by atoms with Gasteiger partial charge in [0.25, 0.3) is 0 Å². The summed E-state index contributed by atoms with van der Waals surface area (Å²) in [6, 6.07) is 9.81. The molecule has 0 unspecified atom stereocenters. The van der Waals surface area contributed by atoms with Gasteiger partial charge in [-0.05, 0) is 30.5 Å². The summed E-state index contributed by atoms with van der Waals surface area (Å²) in [5.41, 5.74) is 4.37. The lowest BCUT2D eigenvalue weighted by molar-refractivity contribution is 0.101. The number of nitrogens with one attached hydrogen (secondary N) is 1. The van der Waals surface area contributed by atoms with Crippen molar-refractivity contribution in [2.45, 2.75) is 13.3 Å². The fourth-order valence-electron chi connectivity index (χ4n) is 2.36. The third kappa shape index (κ3) is 1.78. The van der Waals surface area contributed by atoms with E-state index < -0.39 is 0 Å². The van der Waals surface area contributed by atoms with Crippen molar-refractivity contribution in [3.05, 3.63) is 47.7 Å². The number of carbonyl (C=O) groups is 1. The number of carbonyl (C=O) groups excluding carboxylic acids is 1. The standard InChI is InChI=1S/C15H14N2O/c1-10(18)11-2-4-12(5-3-11)13-6-8-16-15-14(13)7-9-17-15/h2-6,8H,7,9H2,1H3,(H,16,17). The molecule has 1 aliphatic rings. The summed E-state index contributed by atoms with van der Waals surface area (Å²) in [7, 11) is 0. The normalized spacial score (nSPS) is 12.9. The highest BCUT2D eigenvalue weighted by Crippen LogP contribution is 2.31. The lowest BCUT2D eigenvalue weighted by Gasteiger charge is -2.07. The number of hydrogen-bond donors (Lipinski definition) is 1. The molecule has 3 nitrogen and oxygen atoms in total. The monoisotopic (exact) mass is 238 g/mol. The Labute approximate surface area is 106 Å². The van der Waals surface area contributed by atoms with Gasteiger partial charge in [0.2, 0.25) is 0 Å². The van der Waals surface area contributed by atoms with Gasteiger partial charge in [0.15, 0.2) is 5.78 Å². The van der Waals surface area contributed by atoms with Crippen LogP contribution >= 0.6 is 0 Å². The molecule has 0 saturated carbocycles. The predicted molar refractivity (Wildman–Crippen MR) is 71.9 cm³/mol. The lowest BCUT2D eigenvalue weighted by atomic mass is 9.98. The number of benzene rings is 1. The van der Waals surface area contributed by atoms with Crippen LogP contribution in [0.2, 0.25) is 0 Å². The molecule has 2 heterocycles. The molecule has 90 valence electrons. The van der Waals surface area contributed by atoms with E-state index in [4.69, 9.17) is 0 Å². The number of rotatable bonds is 2. The average molecular weight is 238 g/mol. The predicted octanol–water partition coefficient (Wildman–Crippen LogP) is 2.92. The fourth-order valence-corrected chi connectivity index (χ4v) is 2.36. The van der Waals surface area contributed by atoms with E-state index >= 15 is 0 Å². The third-order valence-electron chi connectivity index (χ3n) is 3.33. The Morgan fingerprint density at radius 1 is 1.22 bits per heavy atom. The second kappa shape index (κ2) is 4.26. The van der Waals surface area contributed by atoms with E-state index in [-0.39, 0.29) is 5.78 Å². The molecule has 0 spiro atoms. The number of Topliss-reactive ketones (excluding diaryl/α,β-unsaturated/α-hetero) is 1. The van der Waals surface area contributed by atoms with Crippen LogP contribution in [-0.4, -0.2) is 17.3 Å². The Hall–Kier alpha value is -2.16. The van der Waals surface area contributed by atoms with Crippen LogP contribution < -0.4 is 5.32 Å². The first-order chi connectivity index (χ1) is 8.75. The number of anilines is 1. The highest BCUT2D eigenvalue weighted by Gasteiger charge is 2.16. The molecule has 3 heteroatoms. The van der Waals surface area contributed by atoms with Crippen molar-refractivity contribution in [1.29, 1.82) is 0 Å². The molecule has 0 amide bonds. The maximum absolute atomic E-state index is 11.3. The molecule has 0 aliphatic carbocycles. The zero-order valence-electron chi connectivity index (χ0n) is 10.2. The minimum Gasteiger partial charge on any atom is -0.369 e. The number of fused-ring (bicyclic) bond motifs is 1. The maximum atomic E-state index is 11.3. The van der Waals surface area contributed by atoms with E-state index in [1.165, 1.54) is 11.1 Å². The van der Waals surface area contributed by atoms with Gasteiger partial charge in [-0.1, -0.05) is 24.3 Å². The molecular formula is C15H14N2O. The number of ketones is 1. The van der Waals surface area contributed by atoms with Crippen molar-refractivity contribution in [1.82, 2.24) is 4.98 Å². The van der Waals surface area contributed by atoms with Crippen molar-refractivity contribution < 1.29 is 4.79 Å². The summed E-state index contributed by atoms with van der Waals surface area (Å²) < 4.78 is 0. The Bertz CT molecular complexity index is 602. The van der Waals surface area contributed by atoms with E-state index in [0.29, 0.717) is 0 Å². The molecule has 0 bridgehead atoms. The smallest absolute Gasteiger partial charge is 0.159 e. The molecule has 18 heavy (non-hydrogen) atoms. The van der Waals surface area contributed by atoms with Gasteiger partial charge in [0.1, 0.15) is 5.82 Å². The summed E-state index contributed by atoms with van der Waals surface area (Å²) in [5, 5.41) is 3.27. The summed E-state index contributed by atoms with van der Waals surface area (Å²) in [6.45, 7) is 2.54. The van der Waals surface area contributed by atoms with Gasteiger partial charge in [-0.25, -0.2) is 4.98 Å². The molecule has 0 fully saturated rings. The first-order valence-electron chi connectivity index (χ1n) is 6.09. The number of aromatic nitrogens is 1. The third-order valence-corrected chi connectivity index (χ3v) is 3.33. The molecule has 1 N–H and O–H groups in total. The molecule has 2 aromatic rings. The minimum absolute atomic E-state index is 0.100. The van der Waals surface area contributed by atoms with E-state index in [2.05, 4.69) is 10.3 Å². The van der Waals surface area contributed by atoms with E-state index in [9.17, 15) is 4.79 Å². The Kier molecular flexibility index (Phi) is 2.59. The first-order valence-corrected chi connectivity index (χ1v) is 6.09. The van der Waals surface area contributed by atoms with Crippen LogP contribution in [0.5, 0.6) is 0 Å². The highest BCUT2D eigenvalue weighted by molar-refractivity contribution is 5.94. The largest absolute Gasteiger partial charge is 0.369 e. The number of hydrogen-bond acceptors (Lipinski definition) is 3. The van der Waals surface area contributed by atoms with Crippen LogP contribution in [0, 0.1) is 0 Å². The van der Waals surface area contributed by atoms with Crippen LogP contribution in [-0.2, 0) is 6.42 Å². The topological polar surface area (TPSA) is 42.0 Å².